The fraction of sp³-hybridized carbons (Fsp3) is 0.229. The number of rotatable bonds is 12. The molecule has 0 spiro atoms. The van der Waals surface area contributed by atoms with Crippen molar-refractivity contribution in [2.24, 2.45) is 5.10 Å². The highest BCUT2D eigenvalue weighted by molar-refractivity contribution is 5.92. The molecule has 0 aromatic heterocycles. The molecule has 4 aromatic rings. The van der Waals surface area contributed by atoms with Crippen molar-refractivity contribution in [1.29, 1.82) is 0 Å². The summed E-state index contributed by atoms with van der Waals surface area (Å²) in [4.78, 5) is 4.73. The molecule has 0 bridgehead atoms. The van der Waals surface area contributed by atoms with Crippen LogP contribution in [-0.4, -0.2) is 32.4 Å². The van der Waals surface area contributed by atoms with Gasteiger partial charge in [-0.25, -0.2) is 5.01 Å². The summed E-state index contributed by atoms with van der Waals surface area (Å²) in [7, 11) is 0. The van der Waals surface area contributed by atoms with Crippen molar-refractivity contribution in [1.82, 2.24) is 0 Å². The molecular weight excluding hydrogens is 476 g/mol. The van der Waals surface area contributed by atoms with Crippen LogP contribution < -0.4 is 14.8 Å². The van der Waals surface area contributed by atoms with E-state index in [1.807, 2.05) is 47.6 Å². The van der Waals surface area contributed by atoms with Gasteiger partial charge in [0.25, 0.3) is 0 Å². The molecule has 4 aromatic carbocycles. The Labute approximate surface area is 234 Å². The third-order valence-electron chi connectivity index (χ3n) is 7.04. The first-order valence-corrected chi connectivity index (χ1v) is 14.0. The lowest BCUT2D eigenvalue weighted by molar-refractivity contribution is 0.866. The van der Waals surface area contributed by atoms with Crippen molar-refractivity contribution in [2.75, 3.05) is 41.0 Å². The Morgan fingerprint density at radius 2 is 0.897 bits per heavy atom. The number of benzene rings is 4. The normalized spacial score (nSPS) is 10.9. The zero-order valence-electron chi connectivity index (χ0n) is 23.7. The summed E-state index contributed by atoms with van der Waals surface area (Å²) in [6.07, 6.45) is 4.03. The smallest absolute Gasteiger partial charge is 0.0652 e. The van der Waals surface area contributed by atoms with Crippen LogP contribution in [0.3, 0.4) is 0 Å². The quantitative estimate of drug-likeness (QED) is 0.139. The van der Waals surface area contributed by atoms with Gasteiger partial charge in [-0.2, -0.15) is 5.10 Å². The molecule has 0 radical (unpaired) electrons. The van der Waals surface area contributed by atoms with Crippen LogP contribution >= 0.6 is 0 Å². The van der Waals surface area contributed by atoms with E-state index in [0.29, 0.717) is 0 Å². The third kappa shape index (κ3) is 6.97. The summed E-state index contributed by atoms with van der Waals surface area (Å²) in [6, 6.07) is 38.3. The predicted molar refractivity (Wildman–Crippen MR) is 171 cm³/mol. The zero-order valence-corrected chi connectivity index (χ0v) is 23.7. The Bertz CT molecular complexity index is 1220. The Kier molecular flexibility index (Phi) is 9.96. The molecule has 0 unspecified atom stereocenters. The van der Waals surface area contributed by atoms with E-state index >= 15 is 0 Å². The Morgan fingerprint density at radius 1 is 0.513 bits per heavy atom. The number of anilines is 4. The highest BCUT2D eigenvalue weighted by Crippen LogP contribution is 2.29. The minimum Gasteiger partial charge on any atom is -0.372 e. The average Bonchev–Trinajstić information content (AvgIpc) is 3.00. The molecule has 200 valence electrons. The minimum absolute atomic E-state index is 0.993. The maximum absolute atomic E-state index is 4.92. The molecular formula is C35H40N4. The molecule has 4 heteroatoms. The van der Waals surface area contributed by atoms with Gasteiger partial charge in [-0.3, -0.25) is 0 Å². The lowest BCUT2D eigenvalue weighted by Gasteiger charge is -2.22. The van der Waals surface area contributed by atoms with E-state index in [0.717, 1.165) is 43.1 Å². The second-order valence-electron chi connectivity index (χ2n) is 9.27. The summed E-state index contributed by atoms with van der Waals surface area (Å²) in [5.74, 6) is 0. The van der Waals surface area contributed by atoms with Gasteiger partial charge in [-0.1, -0.05) is 60.7 Å². The van der Waals surface area contributed by atoms with E-state index in [2.05, 4.69) is 116 Å². The number of hydrazone groups is 1. The molecule has 39 heavy (non-hydrogen) atoms. The van der Waals surface area contributed by atoms with Gasteiger partial charge < -0.3 is 9.80 Å². The Balaban J connectivity index is 1.73. The molecule has 0 fully saturated rings. The van der Waals surface area contributed by atoms with Crippen LogP contribution in [0.1, 0.15) is 38.8 Å². The molecule has 0 heterocycles. The van der Waals surface area contributed by atoms with Crippen molar-refractivity contribution in [2.45, 2.75) is 27.7 Å². The number of para-hydroxylation sites is 2. The highest BCUT2D eigenvalue weighted by Gasteiger charge is 2.10. The maximum Gasteiger partial charge on any atom is 0.0652 e. The molecule has 0 amide bonds. The SMILES string of the molecule is CCN(CC)c1ccc(C(=CC=NN(c2ccccc2)c2ccccc2)c2ccc(N(CC)CC)cc2)cc1. The Morgan fingerprint density at radius 3 is 1.26 bits per heavy atom. The first-order chi connectivity index (χ1) is 19.2. The van der Waals surface area contributed by atoms with Crippen molar-refractivity contribution in [3.63, 3.8) is 0 Å². The van der Waals surface area contributed by atoms with E-state index < -0.39 is 0 Å². The molecule has 0 saturated heterocycles. The van der Waals surface area contributed by atoms with Crippen molar-refractivity contribution >= 4 is 34.5 Å². The lowest BCUT2D eigenvalue weighted by atomic mass is 9.97. The van der Waals surface area contributed by atoms with Crippen molar-refractivity contribution in [3.05, 3.63) is 126 Å². The van der Waals surface area contributed by atoms with Crippen LogP contribution in [0.4, 0.5) is 22.7 Å². The van der Waals surface area contributed by atoms with Gasteiger partial charge in [0.1, 0.15) is 0 Å². The average molecular weight is 517 g/mol. The van der Waals surface area contributed by atoms with E-state index in [4.69, 9.17) is 5.10 Å². The summed E-state index contributed by atoms with van der Waals surface area (Å²) >= 11 is 0. The van der Waals surface area contributed by atoms with Gasteiger partial charge in [0.2, 0.25) is 0 Å². The van der Waals surface area contributed by atoms with E-state index in [-0.39, 0.29) is 0 Å². The van der Waals surface area contributed by atoms with Crippen molar-refractivity contribution < 1.29 is 0 Å². The van der Waals surface area contributed by atoms with Crippen LogP contribution in [-0.2, 0) is 0 Å². The lowest BCUT2D eigenvalue weighted by Crippen LogP contribution is -2.21. The van der Waals surface area contributed by atoms with Gasteiger partial charge in [0.15, 0.2) is 0 Å². The summed E-state index contributed by atoms with van der Waals surface area (Å²) < 4.78 is 0. The fourth-order valence-electron chi connectivity index (χ4n) is 4.84. The van der Waals surface area contributed by atoms with Crippen LogP contribution in [0, 0.1) is 0 Å². The zero-order chi connectivity index (χ0) is 27.5. The second kappa shape index (κ2) is 14.0. The first kappa shape index (κ1) is 27.7. The molecule has 0 saturated carbocycles. The number of hydrogen-bond donors (Lipinski definition) is 0. The van der Waals surface area contributed by atoms with E-state index in [9.17, 15) is 0 Å². The van der Waals surface area contributed by atoms with E-state index in [1.165, 1.54) is 22.5 Å². The topological polar surface area (TPSA) is 22.1 Å². The standard InChI is InChI=1S/C35H40N4/c1-5-37(6-2)31-23-19-29(20-24-31)35(30-21-25-32(26-22-30)38(7-3)8-4)27-28-36-39(33-15-11-9-12-16-33)34-17-13-10-14-18-34/h9-28H,5-8H2,1-4H3. The number of allylic oxidation sites excluding steroid dienone is 1. The monoisotopic (exact) mass is 516 g/mol. The molecule has 0 atom stereocenters. The summed E-state index contributed by atoms with van der Waals surface area (Å²) in [5, 5.41) is 6.89. The third-order valence-corrected chi connectivity index (χ3v) is 7.04. The fourth-order valence-corrected chi connectivity index (χ4v) is 4.84. The van der Waals surface area contributed by atoms with Crippen LogP contribution in [0.2, 0.25) is 0 Å². The number of hydrogen-bond acceptors (Lipinski definition) is 4. The second-order valence-corrected chi connectivity index (χ2v) is 9.27. The predicted octanol–water partition coefficient (Wildman–Crippen LogP) is 8.63. The molecule has 4 rings (SSSR count). The molecule has 0 aliphatic rings. The summed E-state index contributed by atoms with van der Waals surface area (Å²) in [6.45, 7) is 12.8. The van der Waals surface area contributed by atoms with Gasteiger partial charge in [-0.05, 0) is 99.0 Å². The van der Waals surface area contributed by atoms with Gasteiger partial charge in [0, 0.05) is 43.8 Å². The maximum atomic E-state index is 4.92. The van der Waals surface area contributed by atoms with Crippen LogP contribution in [0.15, 0.2) is 120 Å². The molecule has 0 aliphatic heterocycles. The molecule has 0 N–H and O–H groups in total. The number of nitrogens with zero attached hydrogens (tertiary/aromatic N) is 4. The Hall–Kier alpha value is -4.31. The summed E-state index contributed by atoms with van der Waals surface area (Å²) in [5.41, 5.74) is 7.99. The van der Waals surface area contributed by atoms with Gasteiger partial charge in [0.05, 0.1) is 11.4 Å². The molecule has 4 nitrogen and oxygen atoms in total. The first-order valence-electron chi connectivity index (χ1n) is 14.0. The van der Waals surface area contributed by atoms with E-state index in [1.54, 1.807) is 0 Å². The van der Waals surface area contributed by atoms with Crippen LogP contribution in [0.5, 0.6) is 0 Å². The molecule has 0 aliphatic carbocycles. The van der Waals surface area contributed by atoms with Gasteiger partial charge >= 0.3 is 0 Å². The van der Waals surface area contributed by atoms with Crippen LogP contribution in [0.25, 0.3) is 5.57 Å². The van der Waals surface area contributed by atoms with Gasteiger partial charge in [-0.15, -0.1) is 0 Å². The van der Waals surface area contributed by atoms with Crippen molar-refractivity contribution in [3.8, 4) is 0 Å². The largest absolute Gasteiger partial charge is 0.372 e. The minimum atomic E-state index is 0.993. The highest BCUT2D eigenvalue weighted by atomic mass is 15.5.